The first-order chi connectivity index (χ1) is 6.87. The van der Waals surface area contributed by atoms with Gasteiger partial charge in [0.25, 0.3) is 0 Å². The molecule has 0 aromatic carbocycles. The zero-order valence-electron chi connectivity index (χ0n) is 7.87. The quantitative estimate of drug-likeness (QED) is 0.466. The van der Waals surface area contributed by atoms with Gasteiger partial charge >= 0.3 is 0 Å². The molecule has 0 saturated carbocycles. The summed E-state index contributed by atoms with van der Waals surface area (Å²) in [7, 11) is -3.22. The van der Waals surface area contributed by atoms with Gasteiger partial charge in [0.05, 0.1) is 30.3 Å². The third kappa shape index (κ3) is 3.22. The zero-order valence-corrected chi connectivity index (χ0v) is 10.3. The van der Waals surface area contributed by atoms with Crippen LogP contribution < -0.4 is 0 Å². The Balaban J connectivity index is 2.81. The maximum absolute atomic E-state index is 11.3. The topological polar surface area (TPSA) is 77.8 Å². The van der Waals surface area contributed by atoms with Crippen LogP contribution in [0.2, 0.25) is 0 Å². The fourth-order valence-corrected chi connectivity index (χ4v) is 3.86. The number of aliphatic hydroxyl groups is 2. The van der Waals surface area contributed by atoms with Crippen molar-refractivity contribution in [3.05, 3.63) is 0 Å². The summed E-state index contributed by atoms with van der Waals surface area (Å²) in [5, 5.41) is 18.3. The minimum atomic E-state index is -3.22. The van der Waals surface area contributed by atoms with Gasteiger partial charge in [-0.15, -0.1) is 0 Å². The summed E-state index contributed by atoms with van der Waals surface area (Å²) in [4.78, 5) is 1.39. The van der Waals surface area contributed by atoms with Crippen LogP contribution in [0.25, 0.3) is 0 Å². The Kier molecular flexibility index (Phi) is 4.24. The van der Waals surface area contributed by atoms with Crippen molar-refractivity contribution >= 4 is 39.0 Å². The summed E-state index contributed by atoms with van der Waals surface area (Å²) in [5.41, 5.74) is 0. The van der Waals surface area contributed by atoms with Gasteiger partial charge < -0.3 is 40.0 Å². The second kappa shape index (κ2) is 4.88. The van der Waals surface area contributed by atoms with E-state index in [0.29, 0.717) is 0 Å². The normalized spacial score (nSPS) is 28.9. The second-order valence-electron chi connectivity index (χ2n) is 3.39. The van der Waals surface area contributed by atoms with Crippen LogP contribution >= 0.6 is 12.2 Å². The molecule has 0 amide bonds. The summed E-state index contributed by atoms with van der Waals surface area (Å²) >= 11 is 9.54. The third-order valence-electron chi connectivity index (χ3n) is 2.27. The lowest BCUT2D eigenvalue weighted by atomic mass is 10.2. The largest absolute Gasteiger partial charge is 0.411 e. The summed E-state index contributed by atoms with van der Waals surface area (Å²) in [6, 6.07) is -0.618. The van der Waals surface area contributed by atoms with Gasteiger partial charge in [0.2, 0.25) is 0 Å². The van der Waals surface area contributed by atoms with Gasteiger partial charge in [0.15, 0.2) is 9.84 Å². The van der Waals surface area contributed by atoms with Crippen LogP contribution in [0.3, 0.4) is 0 Å². The zero-order chi connectivity index (χ0) is 11.6. The van der Waals surface area contributed by atoms with E-state index >= 15 is 0 Å². The molecule has 2 atom stereocenters. The average Bonchev–Trinajstić information content (AvgIpc) is 2.35. The van der Waals surface area contributed by atoms with Crippen LogP contribution in [0, 0.1) is 0 Å². The van der Waals surface area contributed by atoms with E-state index in [-0.39, 0.29) is 29.0 Å². The molecule has 2 unspecified atom stereocenters. The molecule has 15 heavy (non-hydrogen) atoms. The van der Waals surface area contributed by atoms with E-state index in [2.05, 4.69) is 0 Å². The Morgan fingerprint density at radius 3 is 2.47 bits per heavy atom. The number of aliphatic hydroxyl groups excluding tert-OH is 2. The maximum Gasteiger partial charge on any atom is 0.155 e. The third-order valence-corrected chi connectivity index (χ3v) is 4.44. The molecule has 0 radical (unpaired) electrons. The van der Waals surface area contributed by atoms with Crippen LogP contribution in [-0.2, 0) is 22.5 Å². The van der Waals surface area contributed by atoms with E-state index in [9.17, 15) is 13.5 Å². The van der Waals surface area contributed by atoms with Crippen molar-refractivity contribution < 1.29 is 18.6 Å². The van der Waals surface area contributed by atoms with Crippen LogP contribution in [0.4, 0.5) is 0 Å². The fourth-order valence-electron chi connectivity index (χ4n) is 1.61. The first kappa shape index (κ1) is 13.0. The van der Waals surface area contributed by atoms with E-state index in [0.717, 1.165) is 0 Å². The molecule has 5 nitrogen and oxygen atoms in total. The average molecular weight is 270 g/mol. The first-order valence-electron chi connectivity index (χ1n) is 4.34. The van der Waals surface area contributed by atoms with Crippen LogP contribution in [0.15, 0.2) is 0 Å². The Morgan fingerprint density at radius 2 is 2.13 bits per heavy atom. The molecule has 0 aliphatic carbocycles. The number of nitrogens with zero attached hydrogens (tertiary/aromatic N) is 1. The van der Waals surface area contributed by atoms with Gasteiger partial charge in [0, 0.05) is 6.54 Å². The predicted octanol–water partition coefficient (Wildman–Crippen LogP) is -1.73. The van der Waals surface area contributed by atoms with Gasteiger partial charge in [-0.3, -0.25) is 0 Å². The van der Waals surface area contributed by atoms with Gasteiger partial charge in [-0.05, 0) is 0 Å². The van der Waals surface area contributed by atoms with Crippen molar-refractivity contribution in [1.82, 2.24) is 4.90 Å². The predicted molar refractivity (Wildman–Crippen MR) is 62.2 cm³/mol. The van der Waals surface area contributed by atoms with Crippen molar-refractivity contribution in [2.45, 2.75) is 12.1 Å². The molecule has 1 fully saturated rings. The minimum absolute atomic E-state index is 0.0743. The molecule has 0 aromatic heterocycles. The number of hydrogen-bond donors (Lipinski definition) is 2. The standard InChI is InChI=1S/C7H13NO4S3/c9-2-1-8(7(13)14)5-3-15(11,12)4-6(5)10/h5-6,9-10H,1-4H2,(H,13,14)/p-1. The summed E-state index contributed by atoms with van der Waals surface area (Å²) in [6.07, 6.45) is -0.984. The highest BCUT2D eigenvalue weighted by atomic mass is 32.2. The Labute approximate surface area is 99.4 Å². The number of sulfone groups is 1. The lowest BCUT2D eigenvalue weighted by molar-refractivity contribution is 0.114. The van der Waals surface area contributed by atoms with Gasteiger partial charge in [-0.2, -0.15) is 0 Å². The monoisotopic (exact) mass is 270 g/mol. The van der Waals surface area contributed by atoms with Gasteiger partial charge in [-0.1, -0.05) is 4.32 Å². The maximum atomic E-state index is 11.3. The van der Waals surface area contributed by atoms with Crippen LogP contribution in [0.5, 0.6) is 0 Å². The summed E-state index contributed by atoms with van der Waals surface area (Å²) in [5.74, 6) is -0.428. The molecule has 1 saturated heterocycles. The summed E-state index contributed by atoms with van der Waals surface area (Å²) in [6.45, 7) is -0.0281. The molecule has 1 aliphatic heterocycles. The van der Waals surface area contributed by atoms with E-state index < -0.39 is 22.0 Å². The lowest BCUT2D eigenvalue weighted by Gasteiger charge is -2.34. The molecular formula is C7H12NO4S3-. The molecule has 1 aliphatic rings. The van der Waals surface area contributed by atoms with Crippen molar-refractivity contribution in [3.8, 4) is 0 Å². The van der Waals surface area contributed by atoms with Crippen LogP contribution in [0.1, 0.15) is 0 Å². The van der Waals surface area contributed by atoms with Gasteiger partial charge in [-0.25, -0.2) is 8.42 Å². The second-order valence-corrected chi connectivity index (χ2v) is 6.58. The molecule has 88 valence electrons. The van der Waals surface area contributed by atoms with Crippen LogP contribution in [-0.4, -0.2) is 64.7 Å². The SMILES string of the molecule is O=S1(=O)CC(O)C(N(CCO)C(=S)[S-])C1. The molecule has 2 N–H and O–H groups in total. The van der Waals surface area contributed by atoms with E-state index in [4.69, 9.17) is 30.0 Å². The van der Waals surface area contributed by atoms with E-state index in [1.807, 2.05) is 0 Å². The van der Waals surface area contributed by atoms with Crippen molar-refractivity contribution in [1.29, 1.82) is 0 Å². The Hall–Kier alpha value is -0.0200. The molecule has 0 aromatic rings. The highest BCUT2D eigenvalue weighted by Gasteiger charge is 2.39. The smallest absolute Gasteiger partial charge is 0.155 e. The first-order valence-corrected chi connectivity index (χ1v) is 6.98. The molecule has 1 rings (SSSR count). The molecule has 0 spiro atoms. The summed E-state index contributed by atoms with van der Waals surface area (Å²) < 4.78 is 22.6. The highest BCUT2D eigenvalue weighted by Crippen LogP contribution is 2.18. The van der Waals surface area contributed by atoms with E-state index in [1.165, 1.54) is 4.90 Å². The molecule has 8 heteroatoms. The fraction of sp³-hybridized carbons (Fsp3) is 0.857. The Morgan fingerprint density at radius 1 is 1.53 bits per heavy atom. The van der Waals surface area contributed by atoms with Crippen molar-refractivity contribution in [2.24, 2.45) is 0 Å². The molecule has 1 heterocycles. The van der Waals surface area contributed by atoms with E-state index in [1.54, 1.807) is 0 Å². The minimum Gasteiger partial charge on any atom is -0.411 e. The highest BCUT2D eigenvalue weighted by molar-refractivity contribution is 8.00. The van der Waals surface area contributed by atoms with Gasteiger partial charge in [0.1, 0.15) is 0 Å². The number of hydrogen-bond acceptors (Lipinski definition) is 6. The number of thiocarbonyl (C=S) groups is 1. The van der Waals surface area contributed by atoms with Crippen molar-refractivity contribution in [2.75, 3.05) is 24.7 Å². The molecule has 0 bridgehead atoms. The number of rotatable bonds is 3. The van der Waals surface area contributed by atoms with Crippen molar-refractivity contribution in [3.63, 3.8) is 0 Å². The lowest BCUT2D eigenvalue weighted by Crippen LogP contribution is -2.46. The molecular weight excluding hydrogens is 258 g/mol. The Bertz CT molecular complexity index is 342.